The van der Waals surface area contributed by atoms with Crippen LogP contribution in [-0.4, -0.2) is 51.3 Å². The fourth-order valence-electron chi connectivity index (χ4n) is 2.18. The Labute approximate surface area is 143 Å². The lowest BCUT2D eigenvalue weighted by atomic mass is 10.2. The zero-order valence-electron chi connectivity index (χ0n) is 12.5. The summed E-state index contributed by atoms with van der Waals surface area (Å²) in [6, 6.07) is 4.19. The van der Waals surface area contributed by atoms with Gasteiger partial charge in [-0.05, 0) is 47.0 Å². The fraction of sp³-hybridized carbons (Fsp3) is 0.429. The molecule has 2 rings (SSSR count). The summed E-state index contributed by atoms with van der Waals surface area (Å²) in [4.78, 5) is 23.2. The molecule has 23 heavy (non-hydrogen) atoms. The zero-order valence-corrected chi connectivity index (χ0v) is 14.9. The van der Waals surface area contributed by atoms with Crippen molar-refractivity contribution in [3.8, 4) is 0 Å². The summed E-state index contributed by atoms with van der Waals surface area (Å²) in [5.74, 6) is -1.21. The third-order valence-electron chi connectivity index (χ3n) is 3.47. The number of esters is 1. The monoisotopic (exact) mass is 404 g/mol. The fourth-order valence-corrected chi connectivity index (χ4v) is 4.13. The number of amides is 1. The van der Waals surface area contributed by atoms with Crippen LogP contribution in [0.15, 0.2) is 27.6 Å². The summed E-state index contributed by atoms with van der Waals surface area (Å²) in [6.45, 7) is 0.536. The van der Waals surface area contributed by atoms with Crippen molar-refractivity contribution in [3.05, 3.63) is 28.2 Å². The summed E-state index contributed by atoms with van der Waals surface area (Å²) in [5, 5.41) is 2.33. The minimum absolute atomic E-state index is 0.0366. The second-order valence-corrected chi connectivity index (χ2v) is 7.79. The van der Waals surface area contributed by atoms with E-state index in [2.05, 4.69) is 21.2 Å². The van der Waals surface area contributed by atoms with Gasteiger partial charge in [0.05, 0.1) is 10.5 Å². The van der Waals surface area contributed by atoms with Crippen LogP contribution in [0.2, 0.25) is 0 Å². The Bertz CT molecular complexity index is 714. The number of rotatable bonds is 5. The van der Waals surface area contributed by atoms with E-state index in [1.54, 1.807) is 0 Å². The Kier molecular flexibility index (Phi) is 5.77. The van der Waals surface area contributed by atoms with E-state index in [0.29, 0.717) is 17.6 Å². The third kappa shape index (κ3) is 4.10. The van der Waals surface area contributed by atoms with Crippen LogP contribution < -0.4 is 5.32 Å². The van der Waals surface area contributed by atoms with E-state index in [9.17, 15) is 18.0 Å². The van der Waals surface area contributed by atoms with Gasteiger partial charge in [-0.1, -0.05) is 0 Å². The average molecular weight is 405 g/mol. The first-order chi connectivity index (χ1) is 10.9. The predicted octanol–water partition coefficient (Wildman–Crippen LogP) is 1.14. The first-order valence-corrected chi connectivity index (χ1v) is 9.27. The highest BCUT2D eigenvalue weighted by atomic mass is 79.9. The van der Waals surface area contributed by atoms with Crippen LogP contribution in [0.5, 0.6) is 0 Å². The lowest BCUT2D eigenvalue weighted by Gasteiger charge is -2.16. The van der Waals surface area contributed by atoms with E-state index < -0.39 is 28.5 Å². The topological polar surface area (TPSA) is 92.8 Å². The van der Waals surface area contributed by atoms with Crippen LogP contribution in [0.25, 0.3) is 0 Å². The van der Waals surface area contributed by atoms with Crippen molar-refractivity contribution in [3.63, 3.8) is 0 Å². The van der Waals surface area contributed by atoms with Crippen LogP contribution in [0, 0.1) is 0 Å². The van der Waals surface area contributed by atoms with Crippen molar-refractivity contribution in [2.75, 3.05) is 26.7 Å². The third-order valence-corrected chi connectivity index (χ3v) is 6.06. The zero-order chi connectivity index (χ0) is 17.0. The molecule has 0 saturated carbocycles. The number of carbonyl (C=O) groups is 2. The van der Waals surface area contributed by atoms with Gasteiger partial charge in [-0.2, -0.15) is 4.31 Å². The Morgan fingerprint density at radius 1 is 1.30 bits per heavy atom. The van der Waals surface area contributed by atoms with E-state index >= 15 is 0 Å². The minimum atomic E-state index is -3.62. The van der Waals surface area contributed by atoms with Crippen molar-refractivity contribution < 1.29 is 22.7 Å². The number of nitrogens with zero attached hydrogens (tertiary/aromatic N) is 1. The summed E-state index contributed by atoms with van der Waals surface area (Å²) in [6.07, 6.45) is 1.66. The van der Waals surface area contributed by atoms with Gasteiger partial charge < -0.3 is 10.1 Å². The van der Waals surface area contributed by atoms with E-state index in [0.717, 1.165) is 12.8 Å². The minimum Gasteiger partial charge on any atom is -0.452 e. The van der Waals surface area contributed by atoms with Gasteiger partial charge in [-0.3, -0.25) is 4.79 Å². The quantitative estimate of drug-likeness (QED) is 0.742. The predicted molar refractivity (Wildman–Crippen MR) is 86.5 cm³/mol. The molecule has 126 valence electrons. The van der Waals surface area contributed by atoms with E-state index in [1.807, 2.05) is 0 Å². The second kappa shape index (κ2) is 7.41. The van der Waals surface area contributed by atoms with Crippen LogP contribution in [-0.2, 0) is 19.6 Å². The lowest BCUT2D eigenvalue weighted by molar-refractivity contribution is -0.123. The van der Waals surface area contributed by atoms with Gasteiger partial charge in [-0.25, -0.2) is 13.2 Å². The summed E-state index contributed by atoms with van der Waals surface area (Å²) in [7, 11) is -2.20. The van der Waals surface area contributed by atoms with Gasteiger partial charge in [-0.15, -0.1) is 0 Å². The Morgan fingerprint density at radius 3 is 2.57 bits per heavy atom. The molecule has 7 nitrogen and oxygen atoms in total. The molecule has 0 bridgehead atoms. The normalized spacial score (nSPS) is 15.4. The molecule has 0 atom stereocenters. The van der Waals surface area contributed by atoms with Gasteiger partial charge in [0.15, 0.2) is 6.61 Å². The van der Waals surface area contributed by atoms with Gasteiger partial charge in [0.25, 0.3) is 5.91 Å². The molecular weight excluding hydrogens is 388 g/mol. The van der Waals surface area contributed by atoms with Crippen LogP contribution in [0.4, 0.5) is 0 Å². The number of benzene rings is 1. The summed E-state index contributed by atoms with van der Waals surface area (Å²) in [5.41, 5.74) is 0.0641. The first kappa shape index (κ1) is 17.9. The number of sulfonamides is 1. The van der Waals surface area contributed by atoms with E-state index in [1.165, 1.54) is 29.6 Å². The molecule has 1 aromatic carbocycles. The highest BCUT2D eigenvalue weighted by Crippen LogP contribution is 2.26. The molecule has 1 amide bonds. The van der Waals surface area contributed by atoms with Crippen LogP contribution in [0.3, 0.4) is 0 Å². The Morgan fingerprint density at radius 2 is 1.96 bits per heavy atom. The van der Waals surface area contributed by atoms with Crippen molar-refractivity contribution in [1.82, 2.24) is 9.62 Å². The number of halogens is 1. The van der Waals surface area contributed by atoms with Crippen molar-refractivity contribution in [2.45, 2.75) is 17.7 Å². The first-order valence-electron chi connectivity index (χ1n) is 7.03. The number of carbonyl (C=O) groups excluding carboxylic acids is 2. The molecule has 0 radical (unpaired) electrons. The summed E-state index contributed by atoms with van der Waals surface area (Å²) >= 11 is 3.20. The van der Waals surface area contributed by atoms with Crippen molar-refractivity contribution in [2.24, 2.45) is 0 Å². The maximum absolute atomic E-state index is 12.5. The molecule has 9 heteroatoms. The maximum Gasteiger partial charge on any atom is 0.339 e. The number of nitrogens with one attached hydrogen (secondary N) is 1. The van der Waals surface area contributed by atoms with Gasteiger partial charge >= 0.3 is 5.97 Å². The molecule has 0 aromatic heterocycles. The molecule has 1 heterocycles. The molecule has 0 spiro atoms. The smallest absolute Gasteiger partial charge is 0.339 e. The second-order valence-electron chi connectivity index (χ2n) is 5.00. The molecule has 0 unspecified atom stereocenters. The van der Waals surface area contributed by atoms with Crippen molar-refractivity contribution >= 4 is 37.8 Å². The Balaban J connectivity index is 2.25. The highest BCUT2D eigenvalue weighted by Gasteiger charge is 2.28. The van der Waals surface area contributed by atoms with Gasteiger partial charge in [0.1, 0.15) is 0 Å². The number of hydrogen-bond acceptors (Lipinski definition) is 5. The molecule has 1 aromatic rings. The van der Waals surface area contributed by atoms with Gasteiger partial charge in [0.2, 0.25) is 10.0 Å². The highest BCUT2D eigenvalue weighted by molar-refractivity contribution is 9.10. The molecule has 1 fully saturated rings. The van der Waals surface area contributed by atoms with E-state index in [-0.39, 0.29) is 10.5 Å². The number of hydrogen-bond donors (Lipinski definition) is 1. The number of likely N-dealkylation sites (N-methyl/N-ethyl adjacent to an activating group) is 1. The Hall–Kier alpha value is -1.45. The lowest BCUT2D eigenvalue weighted by Crippen LogP contribution is -2.28. The molecule has 0 aliphatic carbocycles. The molecular formula is C14H17BrN2O5S. The molecule has 1 aliphatic heterocycles. The average Bonchev–Trinajstić information content (AvgIpc) is 3.07. The maximum atomic E-state index is 12.5. The van der Waals surface area contributed by atoms with Crippen LogP contribution >= 0.6 is 15.9 Å². The van der Waals surface area contributed by atoms with Gasteiger partial charge in [0, 0.05) is 24.6 Å². The van der Waals surface area contributed by atoms with E-state index in [4.69, 9.17) is 4.74 Å². The molecule has 1 N–H and O–H groups in total. The van der Waals surface area contributed by atoms with Crippen molar-refractivity contribution in [1.29, 1.82) is 0 Å². The largest absolute Gasteiger partial charge is 0.452 e. The SMILES string of the molecule is CNC(=O)COC(=O)c1cc(S(=O)(=O)N2CCCC2)ccc1Br. The molecule has 1 aliphatic rings. The number of ether oxygens (including phenoxy) is 1. The standard InChI is InChI=1S/C14H17BrN2O5S/c1-16-13(18)9-22-14(19)11-8-10(4-5-12(11)15)23(20,21)17-6-2-3-7-17/h4-5,8H,2-3,6-7,9H2,1H3,(H,16,18). The molecule has 1 saturated heterocycles. The summed E-state index contributed by atoms with van der Waals surface area (Å²) < 4.78 is 31.7. The van der Waals surface area contributed by atoms with Crippen LogP contribution in [0.1, 0.15) is 23.2 Å².